The lowest BCUT2D eigenvalue weighted by molar-refractivity contribution is 0.102. The quantitative estimate of drug-likeness (QED) is 0.512. The molecule has 0 saturated carbocycles. The zero-order valence-electron chi connectivity index (χ0n) is 19.2. The third-order valence-electron chi connectivity index (χ3n) is 5.70. The second-order valence-corrected chi connectivity index (χ2v) is 8.56. The van der Waals surface area contributed by atoms with Gasteiger partial charge in [-0.1, -0.05) is 32.0 Å². The monoisotopic (exact) mass is 432 g/mol. The van der Waals surface area contributed by atoms with Crippen molar-refractivity contribution in [3.63, 3.8) is 0 Å². The number of amides is 1. The Balaban J connectivity index is 1.81. The topological polar surface area (TPSA) is 86.7 Å². The van der Waals surface area contributed by atoms with E-state index in [1.807, 2.05) is 69.6 Å². The average Bonchev–Trinajstić information content (AvgIpc) is 3.28. The van der Waals surface area contributed by atoms with Gasteiger partial charge in [-0.05, 0) is 44.9 Å². The van der Waals surface area contributed by atoms with Crippen LogP contribution in [-0.4, -0.2) is 30.0 Å². The van der Waals surface area contributed by atoms with Crippen LogP contribution < -0.4 is 10.9 Å². The molecule has 0 aliphatic carbocycles. The van der Waals surface area contributed by atoms with E-state index in [0.29, 0.717) is 22.3 Å². The number of rotatable bonds is 5. The number of para-hydroxylation sites is 1. The molecule has 32 heavy (non-hydrogen) atoms. The van der Waals surface area contributed by atoms with E-state index in [4.69, 9.17) is 4.98 Å². The molecule has 0 bridgehead atoms. The van der Waals surface area contributed by atoms with Crippen LogP contribution in [0, 0.1) is 6.92 Å². The van der Waals surface area contributed by atoms with E-state index in [-0.39, 0.29) is 29.1 Å². The Hall–Kier alpha value is -3.68. The lowest BCUT2D eigenvalue weighted by Crippen LogP contribution is -2.23. The summed E-state index contributed by atoms with van der Waals surface area (Å²) in [6, 6.07) is 11.2. The van der Waals surface area contributed by atoms with E-state index in [1.54, 1.807) is 28.7 Å². The fourth-order valence-corrected chi connectivity index (χ4v) is 3.79. The highest BCUT2D eigenvalue weighted by molar-refractivity contribution is 6.12. The first-order valence-electron chi connectivity index (χ1n) is 10.7. The first-order valence-corrected chi connectivity index (χ1v) is 10.7. The highest BCUT2D eigenvalue weighted by atomic mass is 16.2. The molecular weight excluding hydrogens is 404 g/mol. The Morgan fingerprint density at radius 3 is 2.41 bits per heavy atom. The van der Waals surface area contributed by atoms with Crippen LogP contribution in [0.25, 0.3) is 16.7 Å². The number of carbonyl (C=O) groups is 1. The average molecular weight is 433 g/mol. The summed E-state index contributed by atoms with van der Waals surface area (Å²) in [5, 5.41) is 7.97. The maximum absolute atomic E-state index is 13.4. The molecule has 0 saturated heterocycles. The second-order valence-electron chi connectivity index (χ2n) is 8.56. The van der Waals surface area contributed by atoms with Crippen molar-refractivity contribution < 1.29 is 4.79 Å². The minimum Gasteiger partial charge on any atom is -0.316 e. The second kappa shape index (κ2) is 8.11. The van der Waals surface area contributed by atoms with Crippen molar-refractivity contribution in [1.82, 2.24) is 24.1 Å². The molecule has 0 aliphatic heterocycles. The number of fused-ring (bicyclic) bond motifs is 1. The molecule has 3 heterocycles. The van der Waals surface area contributed by atoms with Gasteiger partial charge in [0.05, 0.1) is 28.5 Å². The Kier molecular flexibility index (Phi) is 5.46. The van der Waals surface area contributed by atoms with Gasteiger partial charge in [-0.2, -0.15) is 5.10 Å². The summed E-state index contributed by atoms with van der Waals surface area (Å²) in [6.07, 6.45) is 1.67. The Bertz CT molecular complexity index is 1360. The number of hydrogen-bond donors (Lipinski definition) is 1. The number of anilines is 1. The molecule has 1 amide bonds. The van der Waals surface area contributed by atoms with Crippen molar-refractivity contribution in [2.24, 2.45) is 7.05 Å². The Labute approximate surface area is 186 Å². The number of hydrogen-bond acceptors (Lipinski definition) is 4. The number of benzene rings is 1. The standard InChI is InChI=1S/C24H28N6O2/c1-14(2)20-12-18(19-13-25-29(15(3)4)22(19)26-20)23(31)27-21-16(5)28(6)30(24(21)32)17-10-8-7-9-11-17/h7-15H,1-6H3,(H,27,31). The minimum atomic E-state index is -0.353. The summed E-state index contributed by atoms with van der Waals surface area (Å²) in [7, 11) is 1.80. The summed E-state index contributed by atoms with van der Waals surface area (Å²) in [6.45, 7) is 9.93. The van der Waals surface area contributed by atoms with Crippen molar-refractivity contribution in [3.05, 3.63) is 69.9 Å². The largest absolute Gasteiger partial charge is 0.316 e. The third kappa shape index (κ3) is 3.51. The molecule has 8 heteroatoms. The van der Waals surface area contributed by atoms with Crippen LogP contribution >= 0.6 is 0 Å². The number of pyridine rings is 1. The zero-order chi connectivity index (χ0) is 23.2. The molecule has 0 aliphatic rings. The predicted octanol–water partition coefficient (Wildman–Crippen LogP) is 4.19. The van der Waals surface area contributed by atoms with E-state index in [9.17, 15) is 9.59 Å². The summed E-state index contributed by atoms with van der Waals surface area (Å²) in [5.74, 6) is -0.219. The number of carbonyl (C=O) groups excluding carboxylic acids is 1. The molecule has 0 atom stereocenters. The Morgan fingerprint density at radius 1 is 1.09 bits per heavy atom. The fourth-order valence-electron chi connectivity index (χ4n) is 3.79. The van der Waals surface area contributed by atoms with Crippen molar-refractivity contribution in [2.45, 2.75) is 46.6 Å². The molecule has 0 unspecified atom stereocenters. The lowest BCUT2D eigenvalue weighted by atomic mass is 10.0. The van der Waals surface area contributed by atoms with Crippen LogP contribution in [0.5, 0.6) is 0 Å². The highest BCUT2D eigenvalue weighted by Crippen LogP contribution is 2.25. The van der Waals surface area contributed by atoms with Crippen LogP contribution in [0.3, 0.4) is 0 Å². The van der Waals surface area contributed by atoms with E-state index in [0.717, 1.165) is 11.4 Å². The lowest BCUT2D eigenvalue weighted by Gasteiger charge is -2.12. The van der Waals surface area contributed by atoms with Gasteiger partial charge in [-0.15, -0.1) is 0 Å². The van der Waals surface area contributed by atoms with Crippen LogP contribution in [0.4, 0.5) is 5.69 Å². The Morgan fingerprint density at radius 2 is 1.78 bits per heavy atom. The number of aromatic nitrogens is 5. The van der Waals surface area contributed by atoms with Crippen molar-refractivity contribution in [3.8, 4) is 5.69 Å². The van der Waals surface area contributed by atoms with Gasteiger partial charge in [0.2, 0.25) is 0 Å². The summed E-state index contributed by atoms with van der Waals surface area (Å²) >= 11 is 0. The molecule has 4 rings (SSSR count). The maximum atomic E-state index is 13.4. The SMILES string of the molecule is Cc1c(NC(=O)c2cc(C(C)C)nc3c2cnn3C(C)C)c(=O)n(-c2ccccc2)n1C. The van der Waals surface area contributed by atoms with Gasteiger partial charge >= 0.3 is 0 Å². The summed E-state index contributed by atoms with van der Waals surface area (Å²) in [5.41, 5.74) is 3.30. The van der Waals surface area contributed by atoms with Gasteiger partial charge in [0.15, 0.2) is 5.65 Å². The van der Waals surface area contributed by atoms with Gasteiger partial charge in [0, 0.05) is 18.8 Å². The van der Waals surface area contributed by atoms with Crippen LogP contribution in [0.2, 0.25) is 0 Å². The third-order valence-corrected chi connectivity index (χ3v) is 5.70. The minimum absolute atomic E-state index is 0.104. The maximum Gasteiger partial charge on any atom is 0.295 e. The van der Waals surface area contributed by atoms with Crippen molar-refractivity contribution in [1.29, 1.82) is 0 Å². The van der Waals surface area contributed by atoms with Gasteiger partial charge < -0.3 is 5.32 Å². The zero-order valence-corrected chi connectivity index (χ0v) is 19.2. The molecule has 0 fully saturated rings. The molecule has 0 spiro atoms. The fraction of sp³-hybridized carbons (Fsp3) is 0.333. The van der Waals surface area contributed by atoms with Gasteiger partial charge in [0.25, 0.3) is 11.5 Å². The smallest absolute Gasteiger partial charge is 0.295 e. The van der Waals surface area contributed by atoms with Gasteiger partial charge in [-0.3, -0.25) is 14.3 Å². The van der Waals surface area contributed by atoms with Crippen LogP contribution in [0.1, 0.15) is 61.4 Å². The van der Waals surface area contributed by atoms with Crippen molar-refractivity contribution in [2.75, 3.05) is 5.32 Å². The molecule has 8 nitrogen and oxygen atoms in total. The number of nitrogens with one attached hydrogen (secondary N) is 1. The predicted molar refractivity (Wildman–Crippen MR) is 126 cm³/mol. The first kappa shape index (κ1) is 21.5. The summed E-state index contributed by atoms with van der Waals surface area (Å²) in [4.78, 5) is 31.4. The first-order chi connectivity index (χ1) is 15.2. The van der Waals surface area contributed by atoms with Crippen molar-refractivity contribution >= 4 is 22.6 Å². The molecule has 1 N–H and O–H groups in total. The molecule has 3 aromatic heterocycles. The van der Waals surface area contributed by atoms with Crippen LogP contribution in [-0.2, 0) is 7.05 Å². The van der Waals surface area contributed by atoms with E-state index < -0.39 is 0 Å². The summed E-state index contributed by atoms with van der Waals surface area (Å²) < 4.78 is 5.10. The normalized spacial score (nSPS) is 11.6. The van der Waals surface area contributed by atoms with E-state index >= 15 is 0 Å². The van der Waals surface area contributed by atoms with E-state index in [1.165, 1.54) is 0 Å². The molecule has 4 aromatic rings. The van der Waals surface area contributed by atoms with E-state index in [2.05, 4.69) is 10.4 Å². The molecule has 0 radical (unpaired) electrons. The highest BCUT2D eigenvalue weighted by Gasteiger charge is 2.22. The molecule has 166 valence electrons. The number of nitrogens with zero attached hydrogens (tertiary/aromatic N) is 5. The molecular formula is C24H28N6O2. The van der Waals surface area contributed by atoms with Gasteiger partial charge in [0.1, 0.15) is 5.69 Å². The van der Waals surface area contributed by atoms with Crippen LogP contribution in [0.15, 0.2) is 47.4 Å². The van der Waals surface area contributed by atoms with Gasteiger partial charge in [-0.25, -0.2) is 14.3 Å². The molecule has 1 aromatic carbocycles.